The summed E-state index contributed by atoms with van der Waals surface area (Å²) in [5.41, 5.74) is 6.23. The van der Waals surface area contributed by atoms with Crippen molar-refractivity contribution in [1.82, 2.24) is 0 Å². The van der Waals surface area contributed by atoms with E-state index >= 15 is 0 Å². The molecule has 0 aliphatic rings. The number of ether oxygens (including phenoxy) is 1. The molecule has 0 amide bonds. The standard InChI is InChI=1S/C10H13NO3/c1-14-9-5-3-2-4-7(9)6-8(11)10(12)13/h2-5,8H,6,11H2,1H3,(H,12,13). The average molecular weight is 195 g/mol. The first-order chi connectivity index (χ1) is 6.65. The number of aliphatic carboxylic acids is 1. The lowest BCUT2D eigenvalue weighted by Crippen LogP contribution is -2.32. The molecule has 0 aromatic heterocycles. The van der Waals surface area contributed by atoms with Crippen LogP contribution in [-0.4, -0.2) is 24.2 Å². The van der Waals surface area contributed by atoms with Crippen molar-refractivity contribution in [3.63, 3.8) is 0 Å². The van der Waals surface area contributed by atoms with Crippen molar-refractivity contribution in [2.75, 3.05) is 7.11 Å². The zero-order valence-electron chi connectivity index (χ0n) is 7.93. The van der Waals surface area contributed by atoms with E-state index < -0.39 is 12.0 Å². The Morgan fingerprint density at radius 1 is 1.57 bits per heavy atom. The molecule has 1 unspecified atom stereocenters. The van der Waals surface area contributed by atoms with Crippen molar-refractivity contribution < 1.29 is 14.6 Å². The number of nitrogens with two attached hydrogens (primary N) is 1. The summed E-state index contributed by atoms with van der Waals surface area (Å²) < 4.78 is 5.08. The molecular weight excluding hydrogens is 182 g/mol. The first-order valence-corrected chi connectivity index (χ1v) is 4.25. The Hall–Kier alpha value is -1.55. The smallest absolute Gasteiger partial charge is 0.320 e. The predicted octanol–water partition coefficient (Wildman–Crippen LogP) is 0.650. The van der Waals surface area contributed by atoms with Crippen LogP contribution in [0.2, 0.25) is 0 Å². The maximum Gasteiger partial charge on any atom is 0.320 e. The van der Waals surface area contributed by atoms with Crippen LogP contribution in [0.3, 0.4) is 0 Å². The molecule has 0 aliphatic heterocycles. The normalized spacial score (nSPS) is 12.1. The van der Waals surface area contributed by atoms with E-state index in [2.05, 4.69) is 0 Å². The highest BCUT2D eigenvalue weighted by atomic mass is 16.5. The number of benzene rings is 1. The van der Waals surface area contributed by atoms with Crippen LogP contribution in [0.1, 0.15) is 5.56 Å². The first kappa shape index (κ1) is 10.5. The number of hydrogen-bond donors (Lipinski definition) is 2. The molecule has 4 heteroatoms. The van der Waals surface area contributed by atoms with Gasteiger partial charge in [0.1, 0.15) is 11.8 Å². The summed E-state index contributed by atoms with van der Waals surface area (Å²) in [6.45, 7) is 0. The summed E-state index contributed by atoms with van der Waals surface area (Å²) >= 11 is 0. The number of carbonyl (C=O) groups is 1. The molecule has 0 spiro atoms. The van der Waals surface area contributed by atoms with Gasteiger partial charge in [-0.25, -0.2) is 0 Å². The highest BCUT2D eigenvalue weighted by Gasteiger charge is 2.14. The molecule has 3 N–H and O–H groups in total. The second-order valence-electron chi connectivity index (χ2n) is 2.96. The zero-order chi connectivity index (χ0) is 10.6. The van der Waals surface area contributed by atoms with Crippen molar-refractivity contribution in [3.05, 3.63) is 29.8 Å². The summed E-state index contributed by atoms with van der Waals surface area (Å²) in [4.78, 5) is 10.5. The Labute approximate surface area is 82.3 Å². The molecular formula is C10H13NO3. The first-order valence-electron chi connectivity index (χ1n) is 4.25. The predicted molar refractivity (Wildman–Crippen MR) is 52.3 cm³/mol. The monoisotopic (exact) mass is 195 g/mol. The second kappa shape index (κ2) is 4.62. The van der Waals surface area contributed by atoms with Gasteiger partial charge in [0.05, 0.1) is 7.11 Å². The minimum absolute atomic E-state index is 0.277. The molecule has 1 atom stereocenters. The number of methoxy groups -OCH3 is 1. The van der Waals surface area contributed by atoms with Crippen LogP contribution in [0.25, 0.3) is 0 Å². The largest absolute Gasteiger partial charge is 0.496 e. The SMILES string of the molecule is COc1ccccc1CC(N)C(=O)O. The van der Waals surface area contributed by atoms with Crippen LogP contribution < -0.4 is 10.5 Å². The van der Waals surface area contributed by atoms with E-state index in [9.17, 15) is 4.79 Å². The molecule has 1 aromatic rings. The zero-order valence-corrected chi connectivity index (χ0v) is 7.93. The maximum atomic E-state index is 10.5. The van der Waals surface area contributed by atoms with E-state index in [4.69, 9.17) is 15.6 Å². The Morgan fingerprint density at radius 2 is 2.21 bits per heavy atom. The molecule has 76 valence electrons. The van der Waals surface area contributed by atoms with Gasteiger partial charge in [-0.3, -0.25) is 4.79 Å². The summed E-state index contributed by atoms with van der Waals surface area (Å²) in [6, 6.07) is 6.36. The second-order valence-corrected chi connectivity index (χ2v) is 2.96. The van der Waals surface area contributed by atoms with Crippen LogP contribution in [0, 0.1) is 0 Å². The van der Waals surface area contributed by atoms with Crippen molar-refractivity contribution in [2.24, 2.45) is 5.73 Å². The van der Waals surface area contributed by atoms with Gasteiger partial charge in [-0.1, -0.05) is 18.2 Å². The molecule has 14 heavy (non-hydrogen) atoms. The maximum absolute atomic E-state index is 10.5. The van der Waals surface area contributed by atoms with E-state index in [0.717, 1.165) is 5.56 Å². The van der Waals surface area contributed by atoms with Gasteiger partial charge >= 0.3 is 5.97 Å². The topological polar surface area (TPSA) is 72.5 Å². The Balaban J connectivity index is 2.80. The fourth-order valence-corrected chi connectivity index (χ4v) is 1.20. The van der Waals surface area contributed by atoms with Gasteiger partial charge < -0.3 is 15.6 Å². The third-order valence-electron chi connectivity index (χ3n) is 1.95. The quantitative estimate of drug-likeness (QED) is 0.739. The molecule has 4 nitrogen and oxygen atoms in total. The lowest BCUT2D eigenvalue weighted by atomic mass is 10.1. The Bertz CT molecular complexity index is 325. The van der Waals surface area contributed by atoms with E-state index in [1.54, 1.807) is 13.2 Å². The van der Waals surface area contributed by atoms with Gasteiger partial charge in [-0.2, -0.15) is 0 Å². The summed E-state index contributed by atoms with van der Waals surface area (Å²) in [5.74, 6) is -0.333. The van der Waals surface area contributed by atoms with Gasteiger partial charge in [0.15, 0.2) is 0 Å². The minimum Gasteiger partial charge on any atom is -0.496 e. The third-order valence-corrected chi connectivity index (χ3v) is 1.95. The number of para-hydroxylation sites is 1. The van der Waals surface area contributed by atoms with E-state index in [0.29, 0.717) is 5.75 Å². The number of carboxylic acid groups (broad SMARTS) is 1. The molecule has 0 bridgehead atoms. The average Bonchev–Trinajstić information content (AvgIpc) is 2.18. The van der Waals surface area contributed by atoms with E-state index in [1.165, 1.54) is 0 Å². The molecule has 0 saturated carbocycles. The molecule has 1 aromatic carbocycles. The van der Waals surface area contributed by atoms with Gasteiger partial charge in [0.25, 0.3) is 0 Å². The molecule has 0 saturated heterocycles. The molecule has 0 fully saturated rings. The number of rotatable bonds is 4. The molecule has 0 aliphatic carbocycles. The van der Waals surface area contributed by atoms with Crippen molar-refractivity contribution in [2.45, 2.75) is 12.5 Å². The van der Waals surface area contributed by atoms with Crippen molar-refractivity contribution in [1.29, 1.82) is 0 Å². The number of carboxylic acids is 1. The highest BCUT2D eigenvalue weighted by Crippen LogP contribution is 2.18. The Morgan fingerprint density at radius 3 is 2.79 bits per heavy atom. The lowest BCUT2D eigenvalue weighted by Gasteiger charge is -2.10. The van der Waals surface area contributed by atoms with Gasteiger partial charge in [-0.15, -0.1) is 0 Å². The Kier molecular flexibility index (Phi) is 3.48. The van der Waals surface area contributed by atoms with Crippen LogP contribution in [0.15, 0.2) is 24.3 Å². The van der Waals surface area contributed by atoms with Gasteiger partial charge in [0, 0.05) is 6.42 Å². The van der Waals surface area contributed by atoms with E-state index in [1.807, 2.05) is 18.2 Å². The van der Waals surface area contributed by atoms with Gasteiger partial charge in [-0.05, 0) is 11.6 Å². The highest BCUT2D eigenvalue weighted by molar-refractivity contribution is 5.73. The van der Waals surface area contributed by atoms with Crippen molar-refractivity contribution >= 4 is 5.97 Å². The lowest BCUT2D eigenvalue weighted by molar-refractivity contribution is -0.138. The molecule has 1 rings (SSSR count). The van der Waals surface area contributed by atoms with Crippen LogP contribution in [-0.2, 0) is 11.2 Å². The van der Waals surface area contributed by atoms with Crippen molar-refractivity contribution in [3.8, 4) is 5.75 Å². The fourth-order valence-electron chi connectivity index (χ4n) is 1.20. The summed E-state index contributed by atoms with van der Waals surface area (Å²) in [5, 5.41) is 8.64. The van der Waals surface area contributed by atoms with Crippen LogP contribution >= 0.6 is 0 Å². The summed E-state index contributed by atoms with van der Waals surface area (Å²) in [7, 11) is 1.55. The number of hydrogen-bond acceptors (Lipinski definition) is 3. The van der Waals surface area contributed by atoms with E-state index in [-0.39, 0.29) is 6.42 Å². The fraction of sp³-hybridized carbons (Fsp3) is 0.300. The minimum atomic E-state index is -1.00. The summed E-state index contributed by atoms with van der Waals surface area (Å²) in [6.07, 6.45) is 0.277. The third kappa shape index (κ3) is 2.47. The van der Waals surface area contributed by atoms with Gasteiger partial charge in [0.2, 0.25) is 0 Å². The molecule has 0 heterocycles. The molecule has 0 radical (unpaired) electrons. The van der Waals surface area contributed by atoms with Crippen LogP contribution in [0.4, 0.5) is 0 Å². The van der Waals surface area contributed by atoms with Crippen LogP contribution in [0.5, 0.6) is 5.75 Å².